The van der Waals surface area contributed by atoms with Crippen LogP contribution in [0.25, 0.3) is 21.9 Å². The molecule has 0 N–H and O–H groups in total. The third-order valence-electron chi connectivity index (χ3n) is 10.3. The Hall–Kier alpha value is -4.58. The number of anilines is 1. The van der Waals surface area contributed by atoms with Crippen molar-refractivity contribution in [3.05, 3.63) is 35.6 Å². The van der Waals surface area contributed by atoms with Crippen LogP contribution in [0.5, 0.6) is 23.5 Å². The van der Waals surface area contributed by atoms with Crippen LogP contribution < -0.4 is 19.1 Å². The molecule has 0 radical (unpaired) electrons. The van der Waals surface area contributed by atoms with Crippen molar-refractivity contribution in [3.63, 3.8) is 0 Å². The lowest BCUT2D eigenvalue weighted by Gasteiger charge is -2.31. The van der Waals surface area contributed by atoms with Crippen LogP contribution in [-0.2, 0) is 14.3 Å². The third kappa shape index (κ3) is 5.87. The number of halogens is 2. The fourth-order valence-corrected chi connectivity index (χ4v) is 7.72. The number of hydrogen-bond acceptors (Lipinski definition) is 11. The van der Waals surface area contributed by atoms with Gasteiger partial charge in [-0.25, -0.2) is 8.78 Å². The van der Waals surface area contributed by atoms with E-state index in [9.17, 15) is 9.18 Å². The number of ether oxygens (including phenoxy) is 5. The average molecular weight is 689 g/mol. The van der Waals surface area contributed by atoms with Crippen LogP contribution in [-0.4, -0.2) is 102 Å². The van der Waals surface area contributed by atoms with Gasteiger partial charge in [-0.1, -0.05) is 12.0 Å². The predicted molar refractivity (Wildman–Crippen MR) is 179 cm³/mol. The van der Waals surface area contributed by atoms with Crippen molar-refractivity contribution >= 4 is 33.5 Å². The van der Waals surface area contributed by atoms with Gasteiger partial charge < -0.3 is 28.6 Å². The lowest BCUT2D eigenvalue weighted by atomic mass is 9.93. The molecule has 0 spiro atoms. The summed E-state index contributed by atoms with van der Waals surface area (Å²) in [5, 5.41) is 0.995. The average Bonchev–Trinajstić information content (AvgIpc) is 3.66. The number of aromatic nitrogens is 4. The van der Waals surface area contributed by atoms with Crippen molar-refractivity contribution in [2.45, 2.75) is 56.3 Å². The molecule has 3 saturated heterocycles. The molecule has 0 bridgehead atoms. The summed E-state index contributed by atoms with van der Waals surface area (Å²) >= 11 is 0. The number of methoxy groups -OCH3 is 1. The Balaban J connectivity index is 1.26. The van der Waals surface area contributed by atoms with Gasteiger partial charge in [0.15, 0.2) is 24.0 Å². The van der Waals surface area contributed by atoms with Crippen molar-refractivity contribution in [1.82, 2.24) is 24.4 Å². The first-order chi connectivity index (χ1) is 24.4. The molecular weight excluding hydrogens is 650 g/mol. The molecule has 2 aromatic carbocycles. The van der Waals surface area contributed by atoms with Crippen molar-refractivity contribution in [3.8, 4) is 35.9 Å². The number of hydrogen-bond donors (Lipinski definition) is 0. The summed E-state index contributed by atoms with van der Waals surface area (Å²) in [7, 11) is 1.51. The molecule has 4 fully saturated rings. The van der Waals surface area contributed by atoms with Crippen LogP contribution in [0.2, 0.25) is 0 Å². The molecule has 2 aromatic heterocycles. The van der Waals surface area contributed by atoms with Gasteiger partial charge >= 0.3 is 12.0 Å². The zero-order valence-corrected chi connectivity index (χ0v) is 27.8. The first kappa shape index (κ1) is 32.6. The van der Waals surface area contributed by atoms with E-state index < -0.39 is 17.5 Å². The molecule has 8 rings (SSSR count). The Labute approximate surface area is 287 Å². The van der Waals surface area contributed by atoms with E-state index in [4.69, 9.17) is 45.1 Å². The fraction of sp³-hybridized carbons (Fsp3) is 0.500. The Kier molecular flexibility index (Phi) is 8.66. The highest BCUT2D eigenvalue weighted by Gasteiger charge is 2.49. The minimum atomic E-state index is -0.906. The first-order valence-electron chi connectivity index (χ1n) is 17.0. The second kappa shape index (κ2) is 13.3. The Morgan fingerprint density at radius 2 is 2.02 bits per heavy atom. The number of rotatable bonds is 10. The lowest BCUT2D eigenvalue weighted by molar-refractivity contribution is -0.121. The normalized spacial score (nSPS) is 22.8. The second-order valence-electron chi connectivity index (χ2n) is 13.5. The fourth-order valence-electron chi connectivity index (χ4n) is 7.72. The van der Waals surface area contributed by atoms with Crippen molar-refractivity contribution in [1.29, 1.82) is 0 Å². The van der Waals surface area contributed by atoms with Gasteiger partial charge in [0.25, 0.3) is 0 Å². The van der Waals surface area contributed by atoms with Gasteiger partial charge in [-0.3, -0.25) is 14.3 Å². The summed E-state index contributed by atoms with van der Waals surface area (Å²) in [6.07, 6.45) is 9.81. The SMILES string of the molecule is C#Cc1c(F)ccc2cc(OCOC)cc(Oc3nc4nc(OC[C@@]56CCCN5C[C@H](F)C6)nc(N5CCOCC(=O)C5)c4n3C3CCC3)c12. The van der Waals surface area contributed by atoms with E-state index in [1.54, 1.807) is 18.2 Å². The van der Waals surface area contributed by atoms with Gasteiger partial charge in [0.2, 0.25) is 0 Å². The highest BCUT2D eigenvalue weighted by Crippen LogP contribution is 2.45. The van der Waals surface area contributed by atoms with E-state index in [0.717, 1.165) is 38.6 Å². The van der Waals surface area contributed by atoms with Crippen LogP contribution in [0.3, 0.4) is 0 Å². The highest BCUT2D eigenvalue weighted by atomic mass is 19.1. The van der Waals surface area contributed by atoms with Crippen molar-refractivity contribution < 1.29 is 37.3 Å². The number of carbonyl (C=O) groups excluding carboxylic acids is 1. The van der Waals surface area contributed by atoms with E-state index in [-0.39, 0.29) is 61.7 Å². The molecule has 50 heavy (non-hydrogen) atoms. The molecule has 0 amide bonds. The molecule has 262 valence electrons. The van der Waals surface area contributed by atoms with Gasteiger partial charge in [0, 0.05) is 44.1 Å². The molecule has 5 heterocycles. The minimum Gasteiger partial charge on any atom is -0.467 e. The maximum Gasteiger partial charge on any atom is 0.320 e. The number of terminal acetylenes is 1. The highest BCUT2D eigenvalue weighted by molar-refractivity contribution is 5.95. The largest absolute Gasteiger partial charge is 0.467 e. The molecule has 14 heteroatoms. The van der Waals surface area contributed by atoms with E-state index in [1.165, 1.54) is 13.2 Å². The van der Waals surface area contributed by atoms with Gasteiger partial charge in [0.05, 0.1) is 24.3 Å². The number of alkyl halides is 1. The molecule has 12 nitrogen and oxygen atoms in total. The van der Waals surface area contributed by atoms with Crippen LogP contribution in [0.4, 0.5) is 14.6 Å². The summed E-state index contributed by atoms with van der Waals surface area (Å²) < 4.78 is 60.9. The van der Waals surface area contributed by atoms with Crippen LogP contribution >= 0.6 is 0 Å². The van der Waals surface area contributed by atoms with Gasteiger partial charge in [-0.05, 0) is 56.2 Å². The zero-order valence-electron chi connectivity index (χ0n) is 27.8. The quantitative estimate of drug-likeness (QED) is 0.167. The number of imidazole rings is 1. The summed E-state index contributed by atoms with van der Waals surface area (Å²) in [6.45, 7) is 2.25. The molecule has 4 aromatic rings. The molecule has 1 aliphatic carbocycles. The van der Waals surface area contributed by atoms with E-state index in [0.29, 0.717) is 59.6 Å². The summed E-state index contributed by atoms with van der Waals surface area (Å²) in [6, 6.07) is 6.56. The topological polar surface area (TPSA) is 113 Å². The second-order valence-corrected chi connectivity index (χ2v) is 13.5. The molecule has 3 aliphatic heterocycles. The first-order valence-corrected chi connectivity index (χ1v) is 17.0. The number of carbonyl (C=O) groups is 1. The van der Waals surface area contributed by atoms with Gasteiger partial charge in [-0.15, -0.1) is 6.42 Å². The van der Waals surface area contributed by atoms with Crippen molar-refractivity contribution in [2.75, 3.05) is 64.8 Å². The molecule has 0 unspecified atom stereocenters. The smallest absolute Gasteiger partial charge is 0.320 e. The predicted octanol–water partition coefficient (Wildman–Crippen LogP) is 4.96. The summed E-state index contributed by atoms with van der Waals surface area (Å²) in [4.78, 5) is 31.4. The van der Waals surface area contributed by atoms with E-state index in [2.05, 4.69) is 10.8 Å². The summed E-state index contributed by atoms with van der Waals surface area (Å²) in [5.74, 6) is 2.95. The van der Waals surface area contributed by atoms with Crippen LogP contribution in [0, 0.1) is 18.2 Å². The van der Waals surface area contributed by atoms with E-state index in [1.807, 2.05) is 9.47 Å². The number of benzene rings is 2. The number of fused-ring (bicyclic) bond motifs is 3. The Morgan fingerprint density at radius 3 is 2.82 bits per heavy atom. The third-order valence-corrected chi connectivity index (χ3v) is 10.3. The molecule has 1 saturated carbocycles. The van der Waals surface area contributed by atoms with Gasteiger partial charge in [-0.2, -0.15) is 15.0 Å². The maximum absolute atomic E-state index is 15.1. The lowest BCUT2D eigenvalue weighted by Crippen LogP contribution is -2.43. The number of ketones is 1. The molecule has 2 atom stereocenters. The Bertz CT molecular complexity index is 2000. The van der Waals surface area contributed by atoms with Crippen LogP contribution in [0.15, 0.2) is 24.3 Å². The van der Waals surface area contributed by atoms with E-state index >= 15 is 4.39 Å². The molecule has 4 aliphatic rings. The summed E-state index contributed by atoms with van der Waals surface area (Å²) in [5.41, 5.74) is 0.519. The maximum atomic E-state index is 15.1. The Morgan fingerprint density at radius 1 is 1.14 bits per heavy atom. The van der Waals surface area contributed by atoms with Crippen molar-refractivity contribution in [2.24, 2.45) is 0 Å². The van der Waals surface area contributed by atoms with Crippen LogP contribution in [0.1, 0.15) is 50.1 Å². The standard InChI is InChI=1S/C36H38F2N6O6/c1-3-27-28(38)9-8-22-14-26(49-21-46-2)15-29(30(22)27)50-35-40-32-31(44(35)24-6-4-7-24)33(42-12-13-47-19-25(45)18-42)41-34(39-32)48-20-36-10-5-11-43(36)17-23(37)16-36/h1,8-9,14-15,23-24H,4-7,10-13,16-21H2,2H3/t23-,36+/m1/s1. The number of Topliss-reactive ketones (excluding diaryl/α,β-unsaturated/α-hetero) is 1. The number of nitrogens with zero attached hydrogens (tertiary/aromatic N) is 6. The monoisotopic (exact) mass is 688 g/mol. The van der Waals surface area contributed by atoms with Gasteiger partial charge in [0.1, 0.15) is 42.2 Å². The zero-order chi connectivity index (χ0) is 34.4. The minimum absolute atomic E-state index is 0.00279. The molecular formula is C36H38F2N6O6.